The minimum atomic E-state index is -1.18. The maximum absolute atomic E-state index is 12.9. The molecule has 0 bridgehead atoms. The fraction of sp³-hybridized carbons (Fsp3) is 0.450. The van der Waals surface area contributed by atoms with Crippen molar-refractivity contribution in [3.8, 4) is 0 Å². The molecule has 6 amide bonds. The van der Waals surface area contributed by atoms with E-state index in [2.05, 4.69) is 10.7 Å². The zero-order chi connectivity index (χ0) is 22.5. The van der Waals surface area contributed by atoms with Crippen molar-refractivity contribution in [2.45, 2.75) is 39.3 Å². The zero-order valence-electron chi connectivity index (χ0n) is 17.5. The van der Waals surface area contributed by atoms with Crippen LogP contribution >= 0.6 is 0 Å². The third-order valence-corrected chi connectivity index (χ3v) is 4.66. The summed E-state index contributed by atoms with van der Waals surface area (Å²) in [6, 6.07) is 6.36. The van der Waals surface area contributed by atoms with Gasteiger partial charge in [0.15, 0.2) is 0 Å². The van der Waals surface area contributed by atoms with Crippen LogP contribution in [0.1, 0.15) is 39.3 Å². The Bertz CT molecular complexity index is 821. The van der Waals surface area contributed by atoms with Gasteiger partial charge in [0.25, 0.3) is 5.91 Å². The van der Waals surface area contributed by atoms with E-state index in [1.54, 1.807) is 58.0 Å². The number of carbonyl (C=O) groups excluding carboxylic acids is 5. The second-order valence-corrected chi connectivity index (χ2v) is 7.76. The monoisotopic (exact) mass is 417 g/mol. The number of piperazine rings is 1. The van der Waals surface area contributed by atoms with Crippen molar-refractivity contribution in [2.24, 2.45) is 0 Å². The molecule has 2 N–H and O–H groups in total. The first-order valence-corrected chi connectivity index (χ1v) is 9.61. The van der Waals surface area contributed by atoms with Crippen molar-refractivity contribution in [1.29, 1.82) is 0 Å². The SMILES string of the molecule is CCN1CCN(C(=O)NC(C(=O)NN(C=O)C(C)(C)C)c2ccccc2)C(=O)C1=O. The molecule has 1 heterocycles. The van der Waals surface area contributed by atoms with Crippen LogP contribution in [-0.4, -0.2) is 70.1 Å². The molecule has 162 valence electrons. The lowest BCUT2D eigenvalue weighted by molar-refractivity contribution is -0.153. The summed E-state index contributed by atoms with van der Waals surface area (Å²) in [7, 11) is 0. The van der Waals surface area contributed by atoms with Gasteiger partial charge in [0.2, 0.25) is 6.41 Å². The number of imide groups is 1. The highest BCUT2D eigenvalue weighted by Gasteiger charge is 2.37. The Hall–Kier alpha value is -3.43. The minimum absolute atomic E-state index is 0.0236. The van der Waals surface area contributed by atoms with Crippen LogP contribution in [0.3, 0.4) is 0 Å². The number of hydrazine groups is 1. The summed E-state index contributed by atoms with van der Waals surface area (Å²) >= 11 is 0. The molecule has 1 aromatic rings. The van der Waals surface area contributed by atoms with Gasteiger partial charge in [-0.05, 0) is 33.3 Å². The summed E-state index contributed by atoms with van der Waals surface area (Å²) in [6.07, 6.45) is 0.480. The molecule has 0 radical (unpaired) electrons. The van der Waals surface area contributed by atoms with Gasteiger partial charge < -0.3 is 10.2 Å². The predicted molar refractivity (Wildman–Crippen MR) is 107 cm³/mol. The van der Waals surface area contributed by atoms with Gasteiger partial charge in [-0.15, -0.1) is 0 Å². The largest absolute Gasteiger partial charge is 0.333 e. The molecule has 0 aromatic heterocycles. The number of nitrogens with zero attached hydrogens (tertiary/aromatic N) is 3. The van der Waals surface area contributed by atoms with Gasteiger partial charge in [0.1, 0.15) is 6.04 Å². The molecule has 1 aliphatic heterocycles. The molecule has 2 rings (SSSR count). The number of rotatable bonds is 6. The lowest BCUT2D eigenvalue weighted by Gasteiger charge is -2.34. The average Bonchev–Trinajstić information content (AvgIpc) is 2.71. The number of amides is 6. The maximum Gasteiger partial charge on any atom is 0.325 e. The number of urea groups is 1. The fourth-order valence-electron chi connectivity index (χ4n) is 2.85. The number of hydrogen-bond donors (Lipinski definition) is 2. The van der Waals surface area contributed by atoms with Crippen LogP contribution in [0, 0.1) is 0 Å². The Morgan fingerprint density at radius 1 is 1.13 bits per heavy atom. The van der Waals surface area contributed by atoms with E-state index in [-0.39, 0.29) is 13.1 Å². The Morgan fingerprint density at radius 3 is 2.30 bits per heavy atom. The molecule has 10 heteroatoms. The number of hydrogen-bond acceptors (Lipinski definition) is 5. The highest BCUT2D eigenvalue weighted by atomic mass is 16.2. The van der Waals surface area contributed by atoms with E-state index in [0.29, 0.717) is 18.5 Å². The van der Waals surface area contributed by atoms with Crippen LogP contribution in [-0.2, 0) is 19.2 Å². The quantitative estimate of drug-likeness (QED) is 0.395. The van der Waals surface area contributed by atoms with Gasteiger partial charge in [0, 0.05) is 19.6 Å². The van der Waals surface area contributed by atoms with Crippen molar-refractivity contribution in [2.75, 3.05) is 19.6 Å². The molecule has 30 heavy (non-hydrogen) atoms. The van der Waals surface area contributed by atoms with Crippen molar-refractivity contribution >= 4 is 30.2 Å². The van der Waals surface area contributed by atoms with Gasteiger partial charge in [-0.1, -0.05) is 30.3 Å². The Balaban J connectivity index is 2.23. The molecule has 0 aliphatic carbocycles. The highest BCUT2D eigenvalue weighted by molar-refractivity contribution is 6.38. The van der Waals surface area contributed by atoms with E-state index in [0.717, 1.165) is 9.91 Å². The maximum atomic E-state index is 12.9. The molecule has 1 saturated heterocycles. The lowest BCUT2D eigenvalue weighted by atomic mass is 10.1. The number of carbonyl (C=O) groups is 5. The van der Waals surface area contributed by atoms with Crippen molar-refractivity contribution in [3.63, 3.8) is 0 Å². The summed E-state index contributed by atoms with van der Waals surface area (Å²) in [4.78, 5) is 63.6. The van der Waals surface area contributed by atoms with Gasteiger partial charge in [-0.2, -0.15) is 0 Å². The third kappa shape index (κ3) is 5.13. The second kappa shape index (κ2) is 9.38. The molecule has 0 spiro atoms. The Kier molecular flexibility index (Phi) is 7.14. The van der Waals surface area contributed by atoms with Crippen LogP contribution in [0.2, 0.25) is 0 Å². The first kappa shape index (κ1) is 22.9. The van der Waals surface area contributed by atoms with E-state index in [1.165, 1.54) is 4.90 Å². The lowest BCUT2D eigenvalue weighted by Crippen LogP contribution is -2.60. The van der Waals surface area contributed by atoms with Gasteiger partial charge >= 0.3 is 17.8 Å². The predicted octanol–water partition coefficient (Wildman–Crippen LogP) is 0.416. The van der Waals surface area contributed by atoms with Crippen LogP contribution in [0.4, 0.5) is 4.79 Å². The standard InChI is InChI=1S/C20H27N5O5/c1-5-23-11-12-24(18(29)17(23)28)19(30)21-15(14-9-7-6-8-10-14)16(27)22-25(13-26)20(2,3)4/h6-10,13,15H,5,11-12H2,1-4H3,(H,21,30)(H,22,27). The normalized spacial score (nSPS) is 15.5. The van der Waals surface area contributed by atoms with Crippen LogP contribution < -0.4 is 10.7 Å². The van der Waals surface area contributed by atoms with Gasteiger partial charge in [0.05, 0.1) is 5.54 Å². The summed E-state index contributed by atoms with van der Waals surface area (Å²) < 4.78 is 0. The van der Waals surface area contributed by atoms with Crippen LogP contribution in [0.15, 0.2) is 30.3 Å². The van der Waals surface area contributed by atoms with Crippen LogP contribution in [0.5, 0.6) is 0 Å². The number of benzene rings is 1. The Labute approximate surface area is 175 Å². The molecular weight excluding hydrogens is 390 g/mol. The van der Waals surface area contributed by atoms with E-state index in [1.807, 2.05) is 0 Å². The van der Waals surface area contributed by atoms with E-state index >= 15 is 0 Å². The zero-order valence-corrected chi connectivity index (χ0v) is 17.5. The van der Waals surface area contributed by atoms with E-state index < -0.39 is 35.3 Å². The Morgan fingerprint density at radius 2 is 1.77 bits per heavy atom. The molecule has 10 nitrogen and oxygen atoms in total. The van der Waals surface area contributed by atoms with Gasteiger partial charge in [-0.25, -0.2) is 4.79 Å². The minimum Gasteiger partial charge on any atom is -0.333 e. The average molecular weight is 417 g/mol. The summed E-state index contributed by atoms with van der Waals surface area (Å²) in [5.41, 5.74) is 2.24. The summed E-state index contributed by atoms with van der Waals surface area (Å²) in [6.45, 7) is 7.55. The van der Waals surface area contributed by atoms with Crippen molar-refractivity contribution in [3.05, 3.63) is 35.9 Å². The molecule has 1 fully saturated rings. The fourth-order valence-corrected chi connectivity index (χ4v) is 2.85. The molecule has 0 saturated carbocycles. The smallest absolute Gasteiger partial charge is 0.325 e. The molecule has 1 aliphatic rings. The molecule has 1 unspecified atom stereocenters. The van der Waals surface area contributed by atoms with E-state index in [9.17, 15) is 24.0 Å². The number of likely N-dealkylation sites (N-methyl/N-ethyl adjacent to an activating group) is 1. The summed E-state index contributed by atoms with van der Waals surface area (Å²) in [5.74, 6) is -2.38. The van der Waals surface area contributed by atoms with Crippen molar-refractivity contribution < 1.29 is 24.0 Å². The molecule has 1 atom stereocenters. The first-order chi connectivity index (χ1) is 14.1. The second-order valence-electron chi connectivity index (χ2n) is 7.76. The third-order valence-electron chi connectivity index (χ3n) is 4.66. The highest BCUT2D eigenvalue weighted by Crippen LogP contribution is 2.16. The number of nitrogens with one attached hydrogen (secondary N) is 2. The molecular formula is C20H27N5O5. The molecule has 1 aromatic carbocycles. The topological polar surface area (TPSA) is 119 Å². The van der Waals surface area contributed by atoms with Crippen LogP contribution in [0.25, 0.3) is 0 Å². The van der Waals surface area contributed by atoms with Gasteiger partial charge in [-0.3, -0.25) is 34.5 Å². The van der Waals surface area contributed by atoms with Crippen molar-refractivity contribution in [1.82, 2.24) is 25.6 Å². The first-order valence-electron chi connectivity index (χ1n) is 9.61. The summed E-state index contributed by atoms with van der Waals surface area (Å²) in [5, 5.41) is 3.60. The van der Waals surface area contributed by atoms with E-state index in [4.69, 9.17) is 0 Å².